The Hall–Kier alpha value is -1.43. The lowest BCUT2D eigenvalue weighted by molar-refractivity contribution is 0.0645. The Morgan fingerprint density at radius 1 is 1.12 bits per heavy atom. The van der Waals surface area contributed by atoms with Crippen LogP contribution < -0.4 is 0 Å². The van der Waals surface area contributed by atoms with Crippen molar-refractivity contribution in [1.29, 1.82) is 0 Å². The predicted molar refractivity (Wildman–Crippen MR) is 115 cm³/mol. The van der Waals surface area contributed by atoms with Gasteiger partial charge in [0.05, 0.1) is 11.9 Å². The monoisotopic (exact) mass is 459 g/mol. The number of aromatic nitrogens is 3. The van der Waals surface area contributed by atoms with Gasteiger partial charge in [0.2, 0.25) is 0 Å². The summed E-state index contributed by atoms with van der Waals surface area (Å²) in [6, 6.07) is 8.37. The first kappa shape index (κ1) is 18.0. The molecular formula is C22H26IN3. The minimum atomic E-state index is 0.207. The Morgan fingerprint density at radius 3 is 2.65 bits per heavy atom. The first-order valence-corrected chi connectivity index (χ1v) is 10.6. The third kappa shape index (κ3) is 2.96. The Kier molecular flexibility index (Phi) is 4.58. The van der Waals surface area contributed by atoms with Crippen molar-refractivity contribution in [2.75, 3.05) is 0 Å². The van der Waals surface area contributed by atoms with Crippen LogP contribution in [0.1, 0.15) is 58.1 Å². The van der Waals surface area contributed by atoms with Crippen LogP contribution in [0.2, 0.25) is 0 Å². The Bertz CT molecular complexity index is 864. The van der Waals surface area contributed by atoms with Crippen molar-refractivity contribution in [3.8, 4) is 5.69 Å². The van der Waals surface area contributed by atoms with Crippen LogP contribution in [0.5, 0.6) is 0 Å². The molecule has 0 amide bonds. The van der Waals surface area contributed by atoms with E-state index in [0.29, 0.717) is 5.41 Å². The number of rotatable bonds is 2. The third-order valence-corrected chi connectivity index (χ3v) is 7.66. The van der Waals surface area contributed by atoms with Gasteiger partial charge in [-0.1, -0.05) is 37.3 Å². The van der Waals surface area contributed by atoms with Crippen molar-refractivity contribution in [2.45, 2.75) is 52.4 Å². The fourth-order valence-electron chi connectivity index (χ4n) is 4.67. The van der Waals surface area contributed by atoms with E-state index in [1.165, 1.54) is 40.4 Å². The summed E-state index contributed by atoms with van der Waals surface area (Å²) in [7, 11) is 0. The van der Waals surface area contributed by atoms with E-state index in [2.05, 4.69) is 89.9 Å². The van der Waals surface area contributed by atoms with Crippen LogP contribution in [-0.2, 0) is 0 Å². The fraction of sp³-hybridized carbons (Fsp3) is 0.455. The van der Waals surface area contributed by atoms with Crippen LogP contribution in [0.4, 0.5) is 0 Å². The van der Waals surface area contributed by atoms with Gasteiger partial charge >= 0.3 is 0 Å². The van der Waals surface area contributed by atoms with E-state index in [9.17, 15) is 0 Å². The summed E-state index contributed by atoms with van der Waals surface area (Å²) >= 11 is 2.32. The molecule has 1 aromatic carbocycles. The second-order valence-corrected chi connectivity index (χ2v) is 9.55. The smallest absolute Gasteiger partial charge is 0.109 e. The molecule has 0 aliphatic heterocycles. The summed E-state index contributed by atoms with van der Waals surface area (Å²) in [5.74, 6) is 0. The highest BCUT2D eigenvalue weighted by Gasteiger charge is 2.48. The predicted octanol–water partition coefficient (Wildman–Crippen LogP) is 6.19. The van der Waals surface area contributed by atoms with E-state index >= 15 is 0 Å². The van der Waals surface area contributed by atoms with Gasteiger partial charge in [0, 0.05) is 3.57 Å². The number of halogens is 1. The standard InChI is InChI=1S/C22H26IN3/c1-16-5-4-12-21(2)13-10-17(11-14-22(16,21)3)20-15-26(25-24-20)19-8-6-18(23)7-9-19/h6-9,11,15H,1,4-5,10,12-14H2,2-3H3/t21-,22+/m1/s1. The number of nitrogens with zero attached hydrogens (tertiary/aromatic N) is 3. The number of benzene rings is 1. The van der Waals surface area contributed by atoms with E-state index in [0.717, 1.165) is 24.2 Å². The minimum Gasteiger partial charge on any atom is -0.220 e. The summed E-state index contributed by atoms with van der Waals surface area (Å²) in [6.45, 7) is 9.34. The lowest BCUT2D eigenvalue weighted by Crippen LogP contribution is -2.41. The highest BCUT2D eigenvalue weighted by molar-refractivity contribution is 14.1. The zero-order chi connectivity index (χ0) is 18.4. The van der Waals surface area contributed by atoms with E-state index < -0.39 is 0 Å². The molecular weight excluding hydrogens is 433 g/mol. The van der Waals surface area contributed by atoms with Gasteiger partial charge in [-0.25, -0.2) is 4.68 Å². The van der Waals surface area contributed by atoms with Crippen molar-refractivity contribution in [1.82, 2.24) is 15.0 Å². The maximum atomic E-state index is 4.48. The number of hydrogen-bond donors (Lipinski definition) is 0. The first-order valence-electron chi connectivity index (χ1n) is 9.47. The van der Waals surface area contributed by atoms with Gasteiger partial charge in [-0.2, -0.15) is 0 Å². The molecule has 0 spiro atoms. The molecule has 0 unspecified atom stereocenters. The molecule has 2 atom stereocenters. The fourth-order valence-corrected chi connectivity index (χ4v) is 5.03. The molecule has 2 aromatic rings. The first-order chi connectivity index (χ1) is 12.4. The van der Waals surface area contributed by atoms with Gasteiger partial charge < -0.3 is 0 Å². The molecule has 1 fully saturated rings. The maximum absolute atomic E-state index is 4.48. The summed E-state index contributed by atoms with van der Waals surface area (Å²) in [5.41, 5.74) is 5.39. The molecule has 1 saturated carbocycles. The van der Waals surface area contributed by atoms with Gasteiger partial charge in [0.15, 0.2) is 0 Å². The van der Waals surface area contributed by atoms with Crippen LogP contribution >= 0.6 is 22.6 Å². The van der Waals surface area contributed by atoms with Crippen molar-refractivity contribution in [3.05, 3.63) is 58.0 Å². The van der Waals surface area contributed by atoms with Gasteiger partial charge in [-0.05, 0) is 102 Å². The van der Waals surface area contributed by atoms with Gasteiger partial charge in [-0.15, -0.1) is 5.10 Å². The molecule has 0 N–H and O–H groups in total. The van der Waals surface area contributed by atoms with E-state index in [4.69, 9.17) is 0 Å². The minimum absolute atomic E-state index is 0.207. The number of hydrogen-bond acceptors (Lipinski definition) is 2. The zero-order valence-electron chi connectivity index (χ0n) is 15.6. The van der Waals surface area contributed by atoms with Gasteiger partial charge in [0.25, 0.3) is 0 Å². The number of allylic oxidation sites excluding steroid dienone is 3. The molecule has 1 aromatic heterocycles. The molecule has 2 aliphatic carbocycles. The highest BCUT2D eigenvalue weighted by Crippen LogP contribution is 2.59. The molecule has 26 heavy (non-hydrogen) atoms. The molecule has 2 aliphatic rings. The molecule has 3 nitrogen and oxygen atoms in total. The molecule has 0 saturated heterocycles. The average Bonchev–Trinajstić information content (AvgIpc) is 3.05. The molecule has 1 heterocycles. The highest BCUT2D eigenvalue weighted by atomic mass is 127. The average molecular weight is 459 g/mol. The Labute approximate surface area is 169 Å². The van der Waals surface area contributed by atoms with E-state index in [1.54, 1.807) is 0 Å². The summed E-state index contributed by atoms with van der Waals surface area (Å²) in [5, 5.41) is 8.85. The van der Waals surface area contributed by atoms with Crippen molar-refractivity contribution >= 4 is 28.2 Å². The lowest BCUT2D eigenvalue weighted by atomic mass is 9.54. The van der Waals surface area contributed by atoms with Crippen LogP contribution in [-0.4, -0.2) is 15.0 Å². The largest absolute Gasteiger partial charge is 0.220 e. The van der Waals surface area contributed by atoms with Crippen LogP contribution in [0, 0.1) is 14.4 Å². The quantitative estimate of drug-likeness (QED) is 0.396. The molecule has 0 radical (unpaired) electrons. The van der Waals surface area contributed by atoms with E-state index in [1.807, 2.05) is 4.68 Å². The van der Waals surface area contributed by atoms with Crippen LogP contribution in [0.3, 0.4) is 0 Å². The van der Waals surface area contributed by atoms with Crippen LogP contribution in [0.25, 0.3) is 11.3 Å². The third-order valence-electron chi connectivity index (χ3n) is 6.94. The van der Waals surface area contributed by atoms with Crippen LogP contribution in [0.15, 0.2) is 48.7 Å². The van der Waals surface area contributed by atoms with E-state index in [-0.39, 0.29) is 5.41 Å². The van der Waals surface area contributed by atoms with Crippen molar-refractivity contribution in [3.63, 3.8) is 0 Å². The maximum Gasteiger partial charge on any atom is 0.109 e. The summed E-state index contributed by atoms with van der Waals surface area (Å²) in [6.07, 6.45) is 11.6. The normalized spacial score (nSPS) is 29.0. The van der Waals surface area contributed by atoms with Gasteiger partial charge in [0.1, 0.15) is 5.69 Å². The summed E-state index contributed by atoms with van der Waals surface area (Å²) in [4.78, 5) is 0. The molecule has 4 heteroatoms. The van der Waals surface area contributed by atoms with Crippen molar-refractivity contribution < 1.29 is 0 Å². The molecule has 0 bridgehead atoms. The molecule has 4 rings (SSSR count). The lowest BCUT2D eigenvalue weighted by Gasteiger charge is -2.51. The van der Waals surface area contributed by atoms with Crippen molar-refractivity contribution in [2.24, 2.45) is 10.8 Å². The SMILES string of the molecule is C=C1CCC[C@]2(C)CCC(c3cn(-c4ccc(I)cc4)nn3)=CC[C@@]12C. The second kappa shape index (κ2) is 6.63. The topological polar surface area (TPSA) is 30.7 Å². The zero-order valence-corrected chi connectivity index (χ0v) is 17.8. The Morgan fingerprint density at radius 2 is 1.88 bits per heavy atom. The molecule has 136 valence electrons. The van der Waals surface area contributed by atoms with Gasteiger partial charge in [-0.3, -0.25) is 0 Å². The second-order valence-electron chi connectivity index (χ2n) is 8.31. The summed E-state index contributed by atoms with van der Waals surface area (Å²) < 4.78 is 3.11. The number of fused-ring (bicyclic) bond motifs is 1. The Balaban J connectivity index is 1.62.